The van der Waals surface area contributed by atoms with Crippen LogP contribution in [0.15, 0.2) is 48.5 Å². The van der Waals surface area contributed by atoms with Crippen LogP contribution in [0.3, 0.4) is 0 Å². The Balaban J connectivity index is 1.65. The van der Waals surface area contributed by atoms with E-state index in [0.717, 1.165) is 16.8 Å². The molecule has 1 aromatic heterocycles. The molecule has 6 nitrogen and oxygen atoms in total. The van der Waals surface area contributed by atoms with Crippen molar-refractivity contribution in [2.24, 2.45) is 0 Å². The van der Waals surface area contributed by atoms with E-state index in [-0.39, 0.29) is 5.91 Å². The summed E-state index contributed by atoms with van der Waals surface area (Å²) in [5, 5.41) is 9.95. The molecule has 0 aliphatic rings. The van der Waals surface area contributed by atoms with Crippen molar-refractivity contribution in [3.05, 3.63) is 65.4 Å². The number of aromatic nitrogens is 2. The van der Waals surface area contributed by atoms with Crippen LogP contribution in [0.4, 0.5) is 0 Å². The molecule has 0 saturated heterocycles. The van der Waals surface area contributed by atoms with Gasteiger partial charge in [-0.1, -0.05) is 35.9 Å². The van der Waals surface area contributed by atoms with Crippen LogP contribution < -0.4 is 14.8 Å². The van der Waals surface area contributed by atoms with Crippen molar-refractivity contribution in [1.82, 2.24) is 15.5 Å². The smallest absolute Gasteiger partial charge is 0.269 e. The van der Waals surface area contributed by atoms with Gasteiger partial charge in [-0.2, -0.15) is 5.10 Å². The third-order valence-corrected chi connectivity index (χ3v) is 4.23. The van der Waals surface area contributed by atoms with Gasteiger partial charge in [0.1, 0.15) is 5.69 Å². The molecule has 146 valence electrons. The Morgan fingerprint density at radius 2 is 1.71 bits per heavy atom. The molecule has 0 atom stereocenters. The molecule has 0 aliphatic carbocycles. The van der Waals surface area contributed by atoms with Crippen LogP contribution in [0.5, 0.6) is 11.5 Å². The van der Waals surface area contributed by atoms with Gasteiger partial charge in [0.05, 0.1) is 18.9 Å². The molecule has 0 unspecified atom stereocenters. The third kappa shape index (κ3) is 4.71. The highest BCUT2D eigenvalue weighted by atomic mass is 16.5. The fourth-order valence-corrected chi connectivity index (χ4v) is 2.79. The highest BCUT2D eigenvalue weighted by Crippen LogP contribution is 2.28. The SMILES string of the molecule is CCOc1ccc(CNC(=O)c2cc(-c3ccc(C)cc3)n[nH]2)cc1OCC. The summed E-state index contributed by atoms with van der Waals surface area (Å²) in [6.07, 6.45) is 0. The molecule has 0 radical (unpaired) electrons. The highest BCUT2D eigenvalue weighted by Gasteiger charge is 2.12. The van der Waals surface area contributed by atoms with E-state index < -0.39 is 0 Å². The topological polar surface area (TPSA) is 76.2 Å². The summed E-state index contributed by atoms with van der Waals surface area (Å²) in [5.41, 5.74) is 4.24. The maximum Gasteiger partial charge on any atom is 0.269 e. The Hall–Kier alpha value is -3.28. The number of rotatable bonds is 8. The van der Waals surface area contributed by atoms with E-state index in [4.69, 9.17) is 9.47 Å². The predicted molar refractivity (Wildman–Crippen MR) is 109 cm³/mol. The lowest BCUT2D eigenvalue weighted by Crippen LogP contribution is -2.23. The second-order valence-corrected chi connectivity index (χ2v) is 6.36. The van der Waals surface area contributed by atoms with Crippen LogP contribution in [-0.4, -0.2) is 29.3 Å². The van der Waals surface area contributed by atoms with Crippen molar-refractivity contribution in [1.29, 1.82) is 0 Å². The van der Waals surface area contributed by atoms with E-state index in [1.165, 1.54) is 5.56 Å². The Kier molecular flexibility index (Phi) is 6.32. The first-order chi connectivity index (χ1) is 13.6. The van der Waals surface area contributed by atoms with Crippen molar-refractivity contribution in [2.45, 2.75) is 27.3 Å². The molecule has 3 rings (SSSR count). The minimum atomic E-state index is -0.210. The van der Waals surface area contributed by atoms with Crippen LogP contribution in [0.2, 0.25) is 0 Å². The molecule has 28 heavy (non-hydrogen) atoms. The molecule has 3 aromatic rings. The zero-order valence-corrected chi connectivity index (χ0v) is 16.4. The number of amides is 1. The molecular weight excluding hydrogens is 354 g/mol. The molecule has 0 spiro atoms. The monoisotopic (exact) mass is 379 g/mol. The molecule has 2 N–H and O–H groups in total. The minimum Gasteiger partial charge on any atom is -0.490 e. The number of aryl methyl sites for hydroxylation is 1. The van der Waals surface area contributed by atoms with Crippen LogP contribution in [0.25, 0.3) is 11.3 Å². The van der Waals surface area contributed by atoms with Crippen molar-refractivity contribution in [3.8, 4) is 22.8 Å². The van der Waals surface area contributed by atoms with E-state index >= 15 is 0 Å². The number of hydrogen-bond acceptors (Lipinski definition) is 4. The third-order valence-electron chi connectivity index (χ3n) is 4.23. The fraction of sp³-hybridized carbons (Fsp3) is 0.273. The van der Waals surface area contributed by atoms with Gasteiger partial charge in [-0.3, -0.25) is 9.89 Å². The zero-order chi connectivity index (χ0) is 19.9. The number of carbonyl (C=O) groups excluding carboxylic acids is 1. The van der Waals surface area contributed by atoms with E-state index in [0.29, 0.717) is 37.0 Å². The lowest BCUT2D eigenvalue weighted by Gasteiger charge is -2.12. The summed E-state index contributed by atoms with van der Waals surface area (Å²) in [4.78, 5) is 12.5. The molecule has 0 aliphatic heterocycles. The van der Waals surface area contributed by atoms with Crippen molar-refractivity contribution in [3.63, 3.8) is 0 Å². The van der Waals surface area contributed by atoms with Gasteiger partial charge < -0.3 is 14.8 Å². The first-order valence-electron chi connectivity index (χ1n) is 9.40. The molecule has 6 heteroatoms. The van der Waals surface area contributed by atoms with E-state index in [2.05, 4.69) is 15.5 Å². The predicted octanol–water partition coefficient (Wildman–Crippen LogP) is 4.11. The molecule has 0 saturated carbocycles. The summed E-state index contributed by atoms with van der Waals surface area (Å²) in [6.45, 7) is 7.38. The number of nitrogens with one attached hydrogen (secondary N) is 2. The van der Waals surface area contributed by atoms with Crippen LogP contribution >= 0.6 is 0 Å². The van der Waals surface area contributed by atoms with E-state index in [1.54, 1.807) is 6.07 Å². The lowest BCUT2D eigenvalue weighted by atomic mass is 10.1. The largest absolute Gasteiger partial charge is 0.490 e. The van der Waals surface area contributed by atoms with E-state index in [9.17, 15) is 4.79 Å². The molecule has 0 fully saturated rings. The number of benzene rings is 2. The highest BCUT2D eigenvalue weighted by molar-refractivity contribution is 5.93. The summed E-state index contributed by atoms with van der Waals surface area (Å²) in [5.74, 6) is 1.17. The van der Waals surface area contributed by atoms with Crippen molar-refractivity contribution < 1.29 is 14.3 Å². The standard InChI is InChI=1S/C22H25N3O3/c1-4-27-20-11-8-16(12-21(20)28-5-2)14-23-22(26)19-13-18(24-25-19)17-9-6-15(3)7-10-17/h6-13H,4-5,14H2,1-3H3,(H,23,26)(H,24,25). The number of H-pyrrole nitrogens is 1. The second-order valence-electron chi connectivity index (χ2n) is 6.36. The van der Waals surface area contributed by atoms with Gasteiger partial charge in [0.15, 0.2) is 11.5 Å². The molecule has 2 aromatic carbocycles. The van der Waals surface area contributed by atoms with Crippen LogP contribution in [-0.2, 0) is 6.54 Å². The summed E-state index contributed by atoms with van der Waals surface area (Å²) in [7, 11) is 0. The van der Waals surface area contributed by atoms with Crippen molar-refractivity contribution >= 4 is 5.91 Å². The number of hydrogen-bond donors (Lipinski definition) is 2. The van der Waals surface area contributed by atoms with Crippen LogP contribution in [0, 0.1) is 6.92 Å². The first-order valence-corrected chi connectivity index (χ1v) is 9.40. The fourth-order valence-electron chi connectivity index (χ4n) is 2.79. The minimum absolute atomic E-state index is 0.210. The average molecular weight is 379 g/mol. The Morgan fingerprint density at radius 1 is 1.00 bits per heavy atom. The van der Waals surface area contributed by atoms with Gasteiger partial charge in [-0.05, 0) is 44.5 Å². The van der Waals surface area contributed by atoms with Gasteiger partial charge in [0.2, 0.25) is 0 Å². The quantitative estimate of drug-likeness (QED) is 0.617. The van der Waals surface area contributed by atoms with Crippen molar-refractivity contribution in [2.75, 3.05) is 13.2 Å². The first kappa shape index (κ1) is 19.5. The van der Waals surface area contributed by atoms with E-state index in [1.807, 2.05) is 63.2 Å². The molecule has 0 bridgehead atoms. The Bertz CT molecular complexity index is 932. The van der Waals surface area contributed by atoms with Gasteiger partial charge >= 0.3 is 0 Å². The number of aromatic amines is 1. The molecular formula is C22H25N3O3. The second kappa shape index (κ2) is 9.08. The molecule has 1 heterocycles. The van der Waals surface area contributed by atoms with Gasteiger partial charge in [-0.25, -0.2) is 0 Å². The van der Waals surface area contributed by atoms with Crippen LogP contribution in [0.1, 0.15) is 35.5 Å². The average Bonchev–Trinajstić information content (AvgIpc) is 3.19. The molecule has 1 amide bonds. The lowest BCUT2D eigenvalue weighted by molar-refractivity contribution is 0.0946. The van der Waals surface area contributed by atoms with Gasteiger partial charge in [0, 0.05) is 12.1 Å². The Morgan fingerprint density at radius 3 is 2.43 bits per heavy atom. The number of nitrogens with zero attached hydrogens (tertiary/aromatic N) is 1. The summed E-state index contributed by atoms with van der Waals surface area (Å²) >= 11 is 0. The summed E-state index contributed by atoms with van der Waals surface area (Å²) in [6, 6.07) is 15.4. The number of ether oxygens (including phenoxy) is 2. The maximum absolute atomic E-state index is 12.5. The van der Waals surface area contributed by atoms with Gasteiger partial charge in [0.25, 0.3) is 5.91 Å². The van der Waals surface area contributed by atoms with Gasteiger partial charge in [-0.15, -0.1) is 0 Å². The Labute approximate surface area is 164 Å². The summed E-state index contributed by atoms with van der Waals surface area (Å²) < 4.78 is 11.2. The normalized spacial score (nSPS) is 10.5. The number of carbonyl (C=O) groups is 1. The maximum atomic E-state index is 12.5. The zero-order valence-electron chi connectivity index (χ0n) is 16.4.